The number of urea groups is 1. The van der Waals surface area contributed by atoms with E-state index < -0.39 is 6.04 Å². The Labute approximate surface area is 239 Å². The molecule has 4 aromatic heterocycles. The van der Waals surface area contributed by atoms with E-state index in [0.29, 0.717) is 39.6 Å². The maximum absolute atomic E-state index is 13.7. The minimum absolute atomic E-state index is 0.0357. The van der Waals surface area contributed by atoms with Gasteiger partial charge in [0.1, 0.15) is 28.1 Å². The van der Waals surface area contributed by atoms with Crippen LogP contribution in [0.3, 0.4) is 0 Å². The first-order chi connectivity index (χ1) is 19.0. The van der Waals surface area contributed by atoms with E-state index in [9.17, 15) is 14.4 Å². The lowest BCUT2D eigenvalue weighted by Crippen LogP contribution is -2.47. The molecule has 11 heteroatoms. The summed E-state index contributed by atoms with van der Waals surface area (Å²) in [5.41, 5.74) is 3.54. The largest absolute Gasteiger partial charge is 0.323 e. The van der Waals surface area contributed by atoms with Crippen molar-refractivity contribution in [2.75, 3.05) is 10.6 Å². The maximum atomic E-state index is 13.7. The SMILES string of the molecule is CC(=O)c1cc(NC(=O)N2[C@H](C(=O)Nc3nc(Br)ccc3C)C[C@@]3(C)C[C@@H]23)n2ccc(-c3cnc(C)nc3)cc12. The van der Waals surface area contributed by atoms with E-state index in [1.54, 1.807) is 27.8 Å². The number of amides is 3. The molecule has 0 bridgehead atoms. The van der Waals surface area contributed by atoms with Gasteiger partial charge in [-0.2, -0.15) is 0 Å². The number of anilines is 2. The number of pyridine rings is 2. The van der Waals surface area contributed by atoms with Gasteiger partial charge in [-0.05, 0) is 90.4 Å². The van der Waals surface area contributed by atoms with Gasteiger partial charge >= 0.3 is 6.03 Å². The topological polar surface area (TPSA) is 122 Å². The summed E-state index contributed by atoms with van der Waals surface area (Å²) >= 11 is 3.35. The lowest BCUT2D eigenvalue weighted by Gasteiger charge is -2.27. The van der Waals surface area contributed by atoms with Crippen molar-refractivity contribution in [3.8, 4) is 11.1 Å². The normalized spacial score (nSPS) is 21.3. The standard InChI is InChI=1S/C29H28BrN7O3/c1-15-5-6-24(30)33-26(15)35-27(39)22-11-29(4)12-23(29)37(22)28(40)34-25-10-20(16(2)38)21-9-18(7-8-36(21)25)19-13-31-17(3)32-14-19/h5-10,13-14,22-23H,11-12H2,1-4H3,(H,34,40)(H,33,35,39)/t22-,23+,29-/m0/s1. The highest BCUT2D eigenvalue weighted by Crippen LogP contribution is 2.59. The molecular weight excluding hydrogens is 574 g/mol. The van der Waals surface area contributed by atoms with Crippen LogP contribution in [0.15, 0.2) is 53.5 Å². The average molecular weight is 602 g/mol. The highest BCUT2D eigenvalue weighted by Gasteiger charge is 2.64. The summed E-state index contributed by atoms with van der Waals surface area (Å²) in [4.78, 5) is 54.2. The van der Waals surface area contributed by atoms with Crippen LogP contribution in [0.5, 0.6) is 0 Å². The molecule has 1 aliphatic heterocycles. The molecule has 6 rings (SSSR count). The lowest BCUT2D eigenvalue weighted by molar-refractivity contribution is -0.120. The number of carbonyl (C=O) groups is 3. The highest BCUT2D eigenvalue weighted by molar-refractivity contribution is 9.10. The molecule has 2 aliphatic rings. The van der Waals surface area contributed by atoms with Crippen LogP contribution in [-0.4, -0.2) is 54.1 Å². The van der Waals surface area contributed by atoms with E-state index in [0.717, 1.165) is 23.1 Å². The molecule has 3 amide bonds. The number of hydrogen-bond donors (Lipinski definition) is 2. The second-order valence-electron chi connectivity index (χ2n) is 10.9. The highest BCUT2D eigenvalue weighted by atomic mass is 79.9. The molecule has 10 nitrogen and oxygen atoms in total. The summed E-state index contributed by atoms with van der Waals surface area (Å²) in [5, 5.41) is 5.89. The molecule has 4 aromatic rings. The van der Waals surface area contributed by atoms with Crippen LogP contribution >= 0.6 is 15.9 Å². The van der Waals surface area contributed by atoms with Crippen LogP contribution < -0.4 is 10.6 Å². The minimum Gasteiger partial charge on any atom is -0.309 e. The van der Waals surface area contributed by atoms with Crippen molar-refractivity contribution in [1.29, 1.82) is 0 Å². The van der Waals surface area contributed by atoms with Crippen LogP contribution in [0.25, 0.3) is 16.6 Å². The third-order valence-electron chi connectivity index (χ3n) is 7.98. The van der Waals surface area contributed by atoms with Crippen molar-refractivity contribution < 1.29 is 14.4 Å². The Hall–Kier alpha value is -4.12. The number of aromatic nitrogens is 4. The zero-order chi connectivity index (χ0) is 28.3. The van der Waals surface area contributed by atoms with Crippen molar-refractivity contribution >= 4 is 50.8 Å². The quantitative estimate of drug-likeness (QED) is 0.233. The number of fused-ring (bicyclic) bond motifs is 2. The summed E-state index contributed by atoms with van der Waals surface area (Å²) in [6.45, 7) is 7.29. The summed E-state index contributed by atoms with van der Waals surface area (Å²) in [6, 6.07) is 8.07. The number of nitrogens with zero attached hydrogens (tertiary/aromatic N) is 5. The van der Waals surface area contributed by atoms with Gasteiger partial charge in [-0.15, -0.1) is 0 Å². The van der Waals surface area contributed by atoms with Crippen LogP contribution in [0.2, 0.25) is 0 Å². The summed E-state index contributed by atoms with van der Waals surface area (Å²) < 4.78 is 2.39. The van der Waals surface area contributed by atoms with Crippen LogP contribution in [0, 0.1) is 19.3 Å². The van der Waals surface area contributed by atoms with E-state index in [-0.39, 0.29) is 29.2 Å². The zero-order valence-electron chi connectivity index (χ0n) is 22.5. The molecule has 2 fully saturated rings. The monoisotopic (exact) mass is 601 g/mol. The molecule has 0 unspecified atom stereocenters. The number of rotatable bonds is 5. The Balaban J connectivity index is 1.29. The van der Waals surface area contributed by atoms with E-state index in [2.05, 4.69) is 48.4 Å². The molecule has 0 radical (unpaired) electrons. The second kappa shape index (κ2) is 9.51. The Bertz CT molecular complexity index is 1700. The van der Waals surface area contributed by atoms with Gasteiger partial charge in [0, 0.05) is 35.8 Å². The lowest BCUT2D eigenvalue weighted by atomic mass is 10.0. The molecule has 204 valence electrons. The van der Waals surface area contributed by atoms with Crippen molar-refractivity contribution in [2.24, 2.45) is 5.41 Å². The Morgan fingerprint density at radius 1 is 1.02 bits per heavy atom. The number of carbonyl (C=O) groups excluding carboxylic acids is 3. The third kappa shape index (κ3) is 4.53. The second-order valence-corrected chi connectivity index (χ2v) is 11.7. The predicted octanol–water partition coefficient (Wildman–Crippen LogP) is 5.40. The van der Waals surface area contributed by atoms with E-state index >= 15 is 0 Å². The van der Waals surface area contributed by atoms with Gasteiger partial charge in [0.05, 0.1) is 5.52 Å². The molecular formula is C29H28BrN7O3. The number of aryl methyl sites for hydroxylation is 2. The van der Waals surface area contributed by atoms with Crippen LogP contribution in [-0.2, 0) is 4.79 Å². The average Bonchev–Trinajstić information content (AvgIpc) is 3.28. The van der Waals surface area contributed by atoms with Crippen LogP contribution in [0.1, 0.15) is 48.4 Å². The number of halogens is 1. The van der Waals surface area contributed by atoms with Gasteiger partial charge in [0.25, 0.3) is 0 Å². The fraction of sp³-hybridized carbons (Fsp3) is 0.310. The molecule has 1 aliphatic carbocycles. The summed E-state index contributed by atoms with van der Waals surface area (Å²) in [7, 11) is 0. The number of hydrogen-bond acceptors (Lipinski definition) is 6. The first kappa shape index (κ1) is 26.1. The van der Waals surface area contributed by atoms with E-state index in [1.165, 1.54) is 6.92 Å². The van der Waals surface area contributed by atoms with Crippen molar-refractivity contribution in [1.82, 2.24) is 24.3 Å². The molecule has 3 atom stereocenters. The maximum Gasteiger partial charge on any atom is 0.323 e. The molecule has 0 aromatic carbocycles. The molecule has 1 saturated heterocycles. The Morgan fingerprint density at radius 3 is 2.50 bits per heavy atom. The summed E-state index contributed by atoms with van der Waals surface area (Å²) in [6.07, 6.45) is 6.70. The molecule has 1 saturated carbocycles. The van der Waals surface area contributed by atoms with Gasteiger partial charge in [-0.3, -0.25) is 14.9 Å². The van der Waals surface area contributed by atoms with Gasteiger partial charge in [0.15, 0.2) is 5.78 Å². The van der Waals surface area contributed by atoms with Gasteiger partial charge in [-0.25, -0.2) is 19.7 Å². The van der Waals surface area contributed by atoms with E-state index in [4.69, 9.17) is 0 Å². The predicted molar refractivity (Wildman–Crippen MR) is 154 cm³/mol. The first-order valence-corrected chi connectivity index (χ1v) is 13.8. The number of nitrogens with one attached hydrogen (secondary N) is 2. The fourth-order valence-corrected chi connectivity index (χ4v) is 5.91. The van der Waals surface area contributed by atoms with Gasteiger partial charge in [-0.1, -0.05) is 13.0 Å². The third-order valence-corrected chi connectivity index (χ3v) is 8.42. The number of ketones is 1. The number of Topliss-reactive ketones (excluding diaryl/α,β-unsaturated/α-hetero) is 1. The number of likely N-dealkylation sites (tertiary alicyclic amines) is 1. The first-order valence-electron chi connectivity index (χ1n) is 13.0. The van der Waals surface area contributed by atoms with Gasteiger partial charge in [0.2, 0.25) is 5.91 Å². The Kier molecular flexibility index (Phi) is 6.21. The van der Waals surface area contributed by atoms with Crippen molar-refractivity contribution in [3.05, 3.63) is 70.5 Å². The Morgan fingerprint density at radius 2 is 1.77 bits per heavy atom. The molecule has 5 heterocycles. The molecule has 2 N–H and O–H groups in total. The summed E-state index contributed by atoms with van der Waals surface area (Å²) in [5.74, 6) is 1.19. The van der Waals surface area contributed by atoms with Crippen LogP contribution in [0.4, 0.5) is 16.4 Å². The fourth-order valence-electron chi connectivity index (χ4n) is 5.60. The minimum atomic E-state index is -0.643. The van der Waals surface area contributed by atoms with Crippen molar-refractivity contribution in [2.45, 2.75) is 52.6 Å². The molecule has 0 spiro atoms. The smallest absolute Gasteiger partial charge is 0.309 e. The van der Waals surface area contributed by atoms with Crippen molar-refractivity contribution in [3.63, 3.8) is 0 Å². The van der Waals surface area contributed by atoms with Gasteiger partial charge < -0.3 is 14.6 Å². The number of piperidine rings is 1. The van der Waals surface area contributed by atoms with E-state index in [1.807, 2.05) is 44.3 Å². The zero-order valence-corrected chi connectivity index (χ0v) is 24.1. The molecule has 40 heavy (non-hydrogen) atoms.